The van der Waals surface area contributed by atoms with Crippen molar-refractivity contribution in [1.29, 1.82) is 0 Å². The van der Waals surface area contributed by atoms with E-state index in [9.17, 15) is 4.79 Å². The van der Waals surface area contributed by atoms with E-state index in [1.54, 1.807) is 0 Å². The van der Waals surface area contributed by atoms with Crippen molar-refractivity contribution in [2.75, 3.05) is 0 Å². The largest absolute Gasteiger partial charge is 0.432 e. The first kappa shape index (κ1) is 13.2. The van der Waals surface area contributed by atoms with E-state index in [0.717, 1.165) is 38.5 Å². The van der Waals surface area contributed by atoms with Crippen molar-refractivity contribution in [1.82, 2.24) is 0 Å². The number of unbranched alkanes of at least 4 members (excludes halogenated alkanes) is 2. The molecule has 1 rings (SSSR count). The molecule has 3 nitrogen and oxygen atoms in total. The molecule has 0 aromatic carbocycles. The van der Waals surface area contributed by atoms with Gasteiger partial charge in [0.2, 0.25) is 6.29 Å². The standard InChI is InChI=1S/C13H22O3/c1-4-6-8-11-10(3)13(14)16-12(15-11)9-7-5-2/h11-12H,3-9H2,1-2H3/t11-,12-/m1/s1. The zero-order chi connectivity index (χ0) is 12.0. The number of hydrogen-bond acceptors (Lipinski definition) is 3. The van der Waals surface area contributed by atoms with E-state index >= 15 is 0 Å². The van der Waals surface area contributed by atoms with Crippen molar-refractivity contribution in [3.63, 3.8) is 0 Å². The molecule has 92 valence electrons. The Kier molecular flexibility index (Phi) is 5.53. The van der Waals surface area contributed by atoms with E-state index in [4.69, 9.17) is 9.47 Å². The van der Waals surface area contributed by atoms with Crippen molar-refractivity contribution in [2.45, 2.75) is 64.8 Å². The van der Waals surface area contributed by atoms with Gasteiger partial charge < -0.3 is 9.47 Å². The van der Waals surface area contributed by atoms with Crippen LogP contribution < -0.4 is 0 Å². The lowest BCUT2D eigenvalue weighted by Gasteiger charge is -2.31. The summed E-state index contributed by atoms with van der Waals surface area (Å²) in [5.74, 6) is -0.284. The van der Waals surface area contributed by atoms with Crippen LogP contribution in [-0.2, 0) is 14.3 Å². The quantitative estimate of drug-likeness (QED) is 0.515. The third kappa shape index (κ3) is 3.63. The first-order valence-corrected chi connectivity index (χ1v) is 6.24. The summed E-state index contributed by atoms with van der Waals surface area (Å²) in [6.07, 6.45) is 5.41. The highest BCUT2D eigenvalue weighted by molar-refractivity contribution is 5.89. The highest BCUT2D eigenvalue weighted by atomic mass is 16.7. The molecule has 0 aromatic rings. The van der Waals surface area contributed by atoms with Gasteiger partial charge in [-0.15, -0.1) is 0 Å². The van der Waals surface area contributed by atoms with Gasteiger partial charge in [0, 0.05) is 6.42 Å². The summed E-state index contributed by atoms with van der Waals surface area (Å²) in [6.45, 7) is 7.98. The summed E-state index contributed by atoms with van der Waals surface area (Å²) in [4.78, 5) is 11.5. The zero-order valence-corrected chi connectivity index (χ0v) is 10.3. The summed E-state index contributed by atoms with van der Waals surface area (Å²) in [5.41, 5.74) is 0.473. The molecule has 2 atom stereocenters. The molecule has 0 aliphatic carbocycles. The lowest BCUT2D eigenvalue weighted by Crippen LogP contribution is -2.37. The number of cyclic esters (lactones) is 1. The maximum absolute atomic E-state index is 11.5. The highest BCUT2D eigenvalue weighted by Gasteiger charge is 2.31. The molecule has 0 bridgehead atoms. The topological polar surface area (TPSA) is 35.5 Å². The predicted molar refractivity (Wildman–Crippen MR) is 62.9 cm³/mol. The second-order valence-corrected chi connectivity index (χ2v) is 4.27. The molecule has 1 aliphatic rings. The van der Waals surface area contributed by atoms with Crippen LogP contribution in [-0.4, -0.2) is 18.4 Å². The number of carbonyl (C=O) groups excluding carboxylic acids is 1. The molecule has 0 spiro atoms. The van der Waals surface area contributed by atoms with Crippen LogP contribution in [0.25, 0.3) is 0 Å². The van der Waals surface area contributed by atoms with Crippen LogP contribution in [0.15, 0.2) is 12.2 Å². The van der Waals surface area contributed by atoms with Gasteiger partial charge in [0.1, 0.15) is 0 Å². The van der Waals surface area contributed by atoms with Gasteiger partial charge in [0.05, 0.1) is 11.7 Å². The monoisotopic (exact) mass is 226 g/mol. The van der Waals surface area contributed by atoms with Crippen molar-refractivity contribution in [3.8, 4) is 0 Å². The van der Waals surface area contributed by atoms with Crippen LogP contribution in [0.1, 0.15) is 52.4 Å². The minimum absolute atomic E-state index is 0.136. The molecule has 0 saturated carbocycles. The van der Waals surface area contributed by atoms with Crippen LogP contribution in [0.5, 0.6) is 0 Å². The Morgan fingerprint density at radius 1 is 1.19 bits per heavy atom. The van der Waals surface area contributed by atoms with E-state index < -0.39 is 0 Å². The van der Waals surface area contributed by atoms with Gasteiger partial charge in [-0.3, -0.25) is 0 Å². The fourth-order valence-corrected chi connectivity index (χ4v) is 1.75. The number of esters is 1. The summed E-state index contributed by atoms with van der Waals surface area (Å²) in [6, 6.07) is 0. The summed E-state index contributed by atoms with van der Waals surface area (Å²) >= 11 is 0. The van der Waals surface area contributed by atoms with Crippen molar-refractivity contribution in [3.05, 3.63) is 12.2 Å². The molecular formula is C13H22O3. The highest BCUT2D eigenvalue weighted by Crippen LogP contribution is 2.24. The normalized spacial score (nSPS) is 25.6. The third-order valence-electron chi connectivity index (χ3n) is 2.82. The van der Waals surface area contributed by atoms with Crippen LogP contribution in [0.4, 0.5) is 0 Å². The van der Waals surface area contributed by atoms with Crippen molar-refractivity contribution >= 4 is 5.97 Å². The molecule has 0 amide bonds. The van der Waals surface area contributed by atoms with Gasteiger partial charge in [0.25, 0.3) is 0 Å². The lowest BCUT2D eigenvalue weighted by atomic mass is 10.0. The number of hydrogen-bond donors (Lipinski definition) is 0. The Hall–Kier alpha value is -0.830. The molecule has 0 aromatic heterocycles. The SMILES string of the molecule is C=C1C(=O)O[C@H](CCCC)O[C@@H]1CCCC. The predicted octanol–water partition coefficient (Wildman–Crippen LogP) is 3.19. The maximum Gasteiger partial charge on any atom is 0.338 e. The Labute approximate surface area is 97.8 Å². The first-order chi connectivity index (χ1) is 7.69. The Bertz CT molecular complexity index is 248. The van der Waals surface area contributed by atoms with Crippen LogP contribution in [0.3, 0.4) is 0 Å². The van der Waals surface area contributed by atoms with Gasteiger partial charge in [-0.1, -0.05) is 39.7 Å². The average Bonchev–Trinajstić information content (AvgIpc) is 2.28. The van der Waals surface area contributed by atoms with E-state index in [2.05, 4.69) is 20.4 Å². The van der Waals surface area contributed by atoms with Crippen LogP contribution >= 0.6 is 0 Å². The molecule has 0 N–H and O–H groups in total. The fraction of sp³-hybridized carbons (Fsp3) is 0.769. The number of carbonyl (C=O) groups is 1. The van der Waals surface area contributed by atoms with E-state index in [0.29, 0.717) is 5.57 Å². The molecule has 1 aliphatic heterocycles. The van der Waals surface area contributed by atoms with Crippen molar-refractivity contribution in [2.24, 2.45) is 0 Å². The Morgan fingerprint density at radius 3 is 2.44 bits per heavy atom. The summed E-state index contributed by atoms with van der Waals surface area (Å²) in [7, 11) is 0. The lowest BCUT2D eigenvalue weighted by molar-refractivity contribution is -0.202. The minimum atomic E-state index is -0.361. The molecule has 1 saturated heterocycles. The fourth-order valence-electron chi connectivity index (χ4n) is 1.75. The third-order valence-corrected chi connectivity index (χ3v) is 2.82. The summed E-state index contributed by atoms with van der Waals surface area (Å²) < 4.78 is 10.9. The zero-order valence-electron chi connectivity index (χ0n) is 10.3. The van der Waals surface area contributed by atoms with Crippen molar-refractivity contribution < 1.29 is 14.3 Å². The average molecular weight is 226 g/mol. The van der Waals surface area contributed by atoms with Gasteiger partial charge in [-0.05, 0) is 12.8 Å². The maximum atomic E-state index is 11.5. The Morgan fingerprint density at radius 2 is 1.81 bits per heavy atom. The molecule has 1 fully saturated rings. The number of rotatable bonds is 6. The second kappa shape index (κ2) is 6.69. The first-order valence-electron chi connectivity index (χ1n) is 6.24. The summed E-state index contributed by atoms with van der Waals surface area (Å²) in [5, 5.41) is 0. The minimum Gasteiger partial charge on any atom is -0.432 e. The van der Waals surface area contributed by atoms with E-state index in [-0.39, 0.29) is 18.4 Å². The molecule has 3 heteroatoms. The van der Waals surface area contributed by atoms with E-state index in [1.165, 1.54) is 0 Å². The molecule has 0 radical (unpaired) electrons. The second-order valence-electron chi connectivity index (χ2n) is 4.27. The van der Waals surface area contributed by atoms with Gasteiger partial charge >= 0.3 is 5.97 Å². The van der Waals surface area contributed by atoms with Crippen LogP contribution in [0, 0.1) is 0 Å². The Balaban J connectivity index is 2.48. The number of ether oxygens (including phenoxy) is 2. The van der Waals surface area contributed by atoms with Gasteiger partial charge in [-0.25, -0.2) is 4.79 Å². The molecule has 0 unspecified atom stereocenters. The van der Waals surface area contributed by atoms with Crippen LogP contribution in [0.2, 0.25) is 0 Å². The van der Waals surface area contributed by atoms with Gasteiger partial charge in [0.15, 0.2) is 0 Å². The molecule has 1 heterocycles. The molecular weight excluding hydrogens is 204 g/mol. The smallest absolute Gasteiger partial charge is 0.338 e. The van der Waals surface area contributed by atoms with Gasteiger partial charge in [-0.2, -0.15) is 0 Å². The van der Waals surface area contributed by atoms with E-state index in [1.807, 2.05) is 0 Å². The molecule has 16 heavy (non-hydrogen) atoms.